The molecule has 2 rings (SSSR count). The molecule has 0 saturated heterocycles. The summed E-state index contributed by atoms with van der Waals surface area (Å²) in [5.41, 5.74) is 2.29. The summed E-state index contributed by atoms with van der Waals surface area (Å²) in [6.45, 7) is 10.6. The molecule has 162 valence electrons. The third kappa shape index (κ3) is 7.66. The lowest BCUT2D eigenvalue weighted by Gasteiger charge is -2.21. The molecule has 1 aromatic carbocycles. The van der Waals surface area contributed by atoms with Gasteiger partial charge in [0.25, 0.3) is 5.70 Å². The highest BCUT2D eigenvalue weighted by Gasteiger charge is 2.03. The van der Waals surface area contributed by atoms with Crippen molar-refractivity contribution in [1.29, 1.82) is 15.8 Å². The van der Waals surface area contributed by atoms with Crippen molar-refractivity contribution in [2.45, 2.75) is 6.92 Å². The second-order valence-electron chi connectivity index (χ2n) is 6.65. The van der Waals surface area contributed by atoms with Gasteiger partial charge in [-0.05, 0) is 66.6 Å². The van der Waals surface area contributed by atoms with Gasteiger partial charge in [0.05, 0.1) is 19.2 Å². The predicted octanol–water partition coefficient (Wildman–Crippen LogP) is 5.42. The zero-order valence-electron chi connectivity index (χ0n) is 18.1. The van der Waals surface area contributed by atoms with E-state index in [1.165, 1.54) is 23.5 Å². The zero-order chi connectivity index (χ0) is 24.1. The average Bonchev–Trinajstić information content (AvgIpc) is 3.30. The first-order valence-corrected chi connectivity index (χ1v) is 10.8. The fourth-order valence-corrected chi connectivity index (χ4v) is 3.77. The lowest BCUT2D eigenvalue weighted by molar-refractivity contribution is 0.302. The van der Waals surface area contributed by atoms with Crippen LogP contribution in [-0.2, 0) is 0 Å². The molecule has 33 heavy (non-hydrogen) atoms. The fraction of sp³-hybridized carbons (Fsp3) is 0.154. The van der Waals surface area contributed by atoms with E-state index in [-0.39, 0.29) is 17.9 Å². The number of nitriles is 3. The number of anilines is 1. The minimum atomic E-state index is -0.131. The third-order valence-corrected chi connectivity index (χ3v) is 5.49. The lowest BCUT2D eigenvalue weighted by Crippen LogP contribution is -2.25. The van der Waals surface area contributed by atoms with Gasteiger partial charge in [0.1, 0.15) is 17.7 Å². The van der Waals surface area contributed by atoms with Crippen LogP contribution in [0.3, 0.4) is 0 Å². The Morgan fingerprint density at radius 2 is 1.73 bits per heavy atom. The van der Waals surface area contributed by atoms with Gasteiger partial charge in [0, 0.05) is 28.5 Å². The van der Waals surface area contributed by atoms with Crippen LogP contribution in [-0.4, -0.2) is 24.8 Å². The van der Waals surface area contributed by atoms with E-state index in [1.807, 2.05) is 55.5 Å². The summed E-state index contributed by atoms with van der Waals surface area (Å²) in [5, 5.41) is 36.3. The van der Waals surface area contributed by atoms with Crippen molar-refractivity contribution in [2.75, 3.05) is 24.6 Å². The Kier molecular flexibility index (Phi) is 9.88. The van der Waals surface area contributed by atoms with E-state index in [1.54, 1.807) is 24.3 Å². The van der Waals surface area contributed by atoms with Crippen molar-refractivity contribution in [1.82, 2.24) is 0 Å². The van der Waals surface area contributed by atoms with Crippen LogP contribution in [0.2, 0.25) is 0 Å². The van der Waals surface area contributed by atoms with E-state index in [0.29, 0.717) is 12.1 Å². The molecule has 0 fully saturated rings. The van der Waals surface area contributed by atoms with Crippen molar-refractivity contribution in [3.05, 3.63) is 92.1 Å². The number of hydrogen-bond donors (Lipinski definition) is 1. The Hall–Kier alpha value is -4.40. The number of rotatable bonds is 9. The first-order chi connectivity index (χ1) is 16.1. The first-order valence-electron chi connectivity index (χ1n) is 10.0. The van der Waals surface area contributed by atoms with Crippen LogP contribution < -0.4 is 4.90 Å². The summed E-state index contributed by atoms with van der Waals surface area (Å²) >= 11 is 1.50. The molecule has 0 aliphatic rings. The maximum atomic E-state index is 9.17. The monoisotopic (exact) mass is 451 g/mol. The third-order valence-electron chi connectivity index (χ3n) is 4.50. The molecule has 0 aliphatic carbocycles. The van der Waals surface area contributed by atoms with Gasteiger partial charge in [0.2, 0.25) is 0 Å². The van der Waals surface area contributed by atoms with Gasteiger partial charge >= 0.3 is 0 Å². The Morgan fingerprint density at radius 3 is 2.30 bits per heavy atom. The smallest absolute Gasteiger partial charge is 0.262 e. The van der Waals surface area contributed by atoms with Crippen molar-refractivity contribution < 1.29 is 5.11 Å². The van der Waals surface area contributed by atoms with E-state index in [9.17, 15) is 0 Å². The van der Waals surface area contributed by atoms with Crippen molar-refractivity contribution in [3.8, 4) is 18.2 Å². The number of likely N-dealkylation sites (N-methyl/N-ethyl adjacent to an activating group) is 1. The Labute approximate surface area is 198 Å². The largest absolute Gasteiger partial charge is 0.395 e. The zero-order valence-corrected chi connectivity index (χ0v) is 18.9. The van der Waals surface area contributed by atoms with Crippen LogP contribution in [0.5, 0.6) is 0 Å². The molecule has 2 aromatic rings. The van der Waals surface area contributed by atoms with Crippen molar-refractivity contribution in [3.63, 3.8) is 0 Å². The fourth-order valence-electron chi connectivity index (χ4n) is 2.89. The summed E-state index contributed by atoms with van der Waals surface area (Å²) in [6.07, 6.45) is 8.44. The van der Waals surface area contributed by atoms with Crippen LogP contribution in [0.1, 0.15) is 22.2 Å². The van der Waals surface area contributed by atoms with Gasteiger partial charge in [-0.15, -0.1) is 11.3 Å². The molecule has 1 heterocycles. The summed E-state index contributed by atoms with van der Waals surface area (Å²) in [5.74, 6) is 0. The minimum Gasteiger partial charge on any atom is -0.395 e. The summed E-state index contributed by atoms with van der Waals surface area (Å²) < 4.78 is 0. The quantitative estimate of drug-likeness (QED) is 0.312. The van der Waals surface area contributed by atoms with E-state index in [4.69, 9.17) is 27.5 Å². The molecule has 1 N–H and O–H groups in total. The van der Waals surface area contributed by atoms with Gasteiger partial charge in [-0.25, -0.2) is 10.1 Å². The SMILES string of the molecule is [C-]#[N+]/C(C#N)=C\C(C=C(C#N)C#N)=C\c1ccc(/C=C/c2ccc(N(CC)CCO)cc2)s1. The molecule has 6 nitrogen and oxygen atoms in total. The van der Waals surface area contributed by atoms with Crippen LogP contribution in [0, 0.1) is 40.6 Å². The maximum Gasteiger partial charge on any atom is 0.262 e. The first kappa shape index (κ1) is 24.9. The molecule has 0 radical (unpaired) electrons. The number of aliphatic hydroxyl groups excluding tert-OH is 1. The second kappa shape index (κ2) is 13.1. The number of allylic oxidation sites excluding steroid dienone is 5. The summed E-state index contributed by atoms with van der Waals surface area (Å²) in [6, 6.07) is 17.3. The Balaban J connectivity index is 2.25. The van der Waals surface area contributed by atoms with E-state index < -0.39 is 0 Å². The van der Waals surface area contributed by atoms with Crippen LogP contribution in [0.4, 0.5) is 5.69 Å². The minimum absolute atomic E-state index is 0.111. The number of thiophene rings is 1. The Morgan fingerprint density at radius 1 is 1.03 bits per heavy atom. The molecular weight excluding hydrogens is 430 g/mol. The molecule has 0 atom stereocenters. The maximum absolute atomic E-state index is 9.17. The summed E-state index contributed by atoms with van der Waals surface area (Å²) in [4.78, 5) is 7.09. The molecule has 0 amide bonds. The normalized spacial score (nSPS) is 11.2. The van der Waals surface area contributed by atoms with Gasteiger partial charge in [-0.3, -0.25) is 0 Å². The van der Waals surface area contributed by atoms with E-state index >= 15 is 0 Å². The topological polar surface area (TPSA) is 99.2 Å². The van der Waals surface area contributed by atoms with E-state index in [2.05, 4.69) is 9.74 Å². The highest BCUT2D eigenvalue weighted by atomic mass is 32.1. The molecule has 0 bridgehead atoms. The molecular formula is C26H21N5OS. The lowest BCUT2D eigenvalue weighted by atomic mass is 10.1. The molecule has 1 aromatic heterocycles. The Bertz CT molecular complexity index is 1180. The highest BCUT2D eigenvalue weighted by molar-refractivity contribution is 7.13. The second-order valence-corrected chi connectivity index (χ2v) is 7.79. The number of aliphatic hydroxyl groups is 1. The van der Waals surface area contributed by atoms with Crippen LogP contribution in [0.15, 0.2) is 65.4 Å². The molecule has 0 unspecified atom stereocenters. The number of hydrogen-bond acceptors (Lipinski definition) is 6. The van der Waals surface area contributed by atoms with Crippen LogP contribution >= 0.6 is 11.3 Å². The number of benzene rings is 1. The van der Waals surface area contributed by atoms with Gasteiger partial charge in [-0.2, -0.15) is 10.5 Å². The van der Waals surface area contributed by atoms with Gasteiger partial charge in [-0.1, -0.05) is 18.2 Å². The summed E-state index contributed by atoms with van der Waals surface area (Å²) in [7, 11) is 0. The highest BCUT2D eigenvalue weighted by Crippen LogP contribution is 2.24. The van der Waals surface area contributed by atoms with Gasteiger partial charge < -0.3 is 10.0 Å². The molecule has 0 saturated carbocycles. The van der Waals surface area contributed by atoms with E-state index in [0.717, 1.165) is 27.5 Å². The van der Waals surface area contributed by atoms with Crippen molar-refractivity contribution >= 4 is 35.3 Å². The van der Waals surface area contributed by atoms with Crippen molar-refractivity contribution in [2.24, 2.45) is 0 Å². The molecule has 7 heteroatoms. The van der Waals surface area contributed by atoms with Crippen LogP contribution in [0.25, 0.3) is 23.1 Å². The number of nitrogens with zero attached hydrogens (tertiary/aromatic N) is 5. The predicted molar refractivity (Wildman–Crippen MR) is 132 cm³/mol. The standard InChI is InChI=1S/C26H21N5OS/c1-3-31(12-13-32)24-7-4-20(5-8-24)6-9-25-10-11-26(33-25)16-21(14-22(17-27)18-28)15-23(19-29)30-2/h4-11,14-16,32H,3,12-13H2,1H3/b9-6+,21-16+,23-15-. The van der Waals surface area contributed by atoms with Gasteiger partial charge in [0.15, 0.2) is 0 Å². The molecule has 0 aliphatic heterocycles. The molecule has 0 spiro atoms. The average molecular weight is 452 g/mol.